The number of phenolic OH excluding ortho intramolecular Hbond substituents is 1. The standard InChI is InChI=1S/C26H18ClF2N5O13S4.BHI2.3Na/c27-20-24(28)31-26(29)32-25(20)30-14-2-4-16-13(9-14)11-19(48-46-44-36)21(22(16)35)34-33-18-6-1-12-10-15(3-5-17(12)23(18)51(40,41)42)50(38,39)8-7-43-49-47-45-37;1-3-2;;;/h1-6,9-11,35-37H,7-8H2,(H,30,31,32)(H,40,41,42);3H;;;/q;;3*+1/p-3/i;3T;;;. The van der Waals surface area contributed by atoms with Crippen LogP contribution in [0.25, 0.3) is 21.5 Å². The maximum atomic E-state index is 13.8. The van der Waals surface area contributed by atoms with Crippen molar-refractivity contribution in [1.82, 2.24) is 9.97 Å². The summed E-state index contributed by atoms with van der Waals surface area (Å²) in [7, 11) is -9.30. The van der Waals surface area contributed by atoms with Gasteiger partial charge in [-0.1, -0.05) is 23.7 Å². The average Bonchev–Trinajstić information content (AvgIpc) is 3.11. The van der Waals surface area contributed by atoms with Gasteiger partial charge in [-0.15, -0.1) is 14.6 Å². The Balaban J connectivity index is 0.00000229. The van der Waals surface area contributed by atoms with E-state index >= 15 is 0 Å². The number of hydrogen-bond donors (Lipinski definition) is 2. The van der Waals surface area contributed by atoms with Crippen LogP contribution in [0.4, 0.5) is 31.7 Å². The van der Waals surface area contributed by atoms with Crippen LogP contribution in [0.2, 0.25) is 5.02 Å². The second-order valence-electron chi connectivity index (χ2n) is 9.68. The Morgan fingerprint density at radius 1 is 0.982 bits per heavy atom. The number of azo groups is 1. The largest absolute Gasteiger partial charge is 1.00 e. The summed E-state index contributed by atoms with van der Waals surface area (Å²) in [5.41, 5.74) is 4.22. The molecule has 57 heavy (non-hydrogen) atoms. The van der Waals surface area contributed by atoms with E-state index in [0.717, 1.165) is 24.3 Å². The molecule has 0 saturated carbocycles. The van der Waals surface area contributed by atoms with Gasteiger partial charge in [-0.25, -0.2) is 16.8 Å². The summed E-state index contributed by atoms with van der Waals surface area (Å²) in [5.74, 6) is -2.87. The zero-order valence-corrected chi connectivity index (χ0v) is 43.2. The normalized spacial score (nSPS) is 11.8. The van der Waals surface area contributed by atoms with E-state index in [1.54, 1.807) is 0 Å². The summed E-state index contributed by atoms with van der Waals surface area (Å²) in [4.78, 5) is 5.03. The Kier molecular flexibility index (Phi) is 24.8. The van der Waals surface area contributed by atoms with E-state index < -0.39 is 88.3 Å². The SMILES string of the molecule is O=S(=O)([O-])c1c(N=Nc2c(SOO[O-])cc3cc(Nc4nc(F)nc(F)c4Cl)ccc3c2O)ccc2cc(S(=O)(=O)CCOSOO[O-])ccc12.[3H]I([B])I.[Na+].[Na+].[Na+]. The number of sulfone groups is 1. The van der Waals surface area contributed by atoms with Gasteiger partial charge in [-0.05, 0) is 53.2 Å². The summed E-state index contributed by atoms with van der Waals surface area (Å²) < 4.78 is 110. The second-order valence-corrected chi connectivity index (χ2v) is 18.4. The molecular formula is C26H16BClF2I2N5Na3O13S4. The van der Waals surface area contributed by atoms with Gasteiger partial charge in [0.15, 0.2) is 33.7 Å². The second kappa shape index (κ2) is 26.3. The van der Waals surface area contributed by atoms with Crippen molar-refractivity contribution in [2.75, 3.05) is 17.7 Å². The van der Waals surface area contributed by atoms with Crippen LogP contribution in [0.3, 0.4) is 0 Å². The Labute approximate surface area is 423 Å². The van der Waals surface area contributed by atoms with E-state index in [2.05, 4.69) is 44.3 Å². The number of halogens is 5. The molecule has 0 saturated heterocycles. The minimum absolute atomic E-state index is 0. The fourth-order valence-electron chi connectivity index (χ4n) is 4.49. The molecule has 31 heteroatoms. The minimum atomic E-state index is -5.30. The Morgan fingerprint density at radius 2 is 1.65 bits per heavy atom. The third-order valence-corrected chi connectivity index (χ3v) is 10.5. The van der Waals surface area contributed by atoms with E-state index in [9.17, 15) is 45.8 Å². The zero-order valence-electron chi connectivity index (χ0n) is 29.8. The first kappa shape index (κ1) is 53.8. The van der Waals surface area contributed by atoms with E-state index in [1.165, 1.54) is 30.3 Å². The van der Waals surface area contributed by atoms with Crippen LogP contribution >= 0.6 is 71.4 Å². The van der Waals surface area contributed by atoms with Gasteiger partial charge in [-0.3, -0.25) is 14.3 Å². The van der Waals surface area contributed by atoms with Gasteiger partial charge in [0.1, 0.15) is 26.5 Å². The number of aromatic nitrogens is 2. The third kappa shape index (κ3) is 15.4. The van der Waals surface area contributed by atoms with Gasteiger partial charge in [-0.2, -0.15) is 23.1 Å². The monoisotopic (exact) mass is 1140 g/mol. The molecule has 2 radical (unpaired) electrons. The number of nitrogens with zero attached hydrogens (tertiary/aromatic N) is 4. The maximum Gasteiger partial charge on any atom is 1.00 e. The molecule has 18 nitrogen and oxygen atoms in total. The summed E-state index contributed by atoms with van der Waals surface area (Å²) in [5, 5.41) is 47.9. The molecule has 0 aliphatic heterocycles. The zero-order chi connectivity index (χ0) is 40.5. The molecular weight excluding hydrogens is 1130 g/mol. The van der Waals surface area contributed by atoms with Crippen molar-refractivity contribution in [3.63, 3.8) is 0 Å². The maximum absolute atomic E-state index is 13.8. The Bertz CT molecular complexity index is 2470. The predicted octanol–water partition coefficient (Wildman–Crippen LogP) is -3.57. The number of rotatable bonds is 15. The fourth-order valence-corrected chi connectivity index (χ4v) is 7.37. The molecule has 2 N–H and O–H groups in total. The molecule has 0 unspecified atom stereocenters. The molecule has 5 aromatic rings. The number of phenols is 1. The summed E-state index contributed by atoms with van der Waals surface area (Å²) in [6, 6.07) is 11.0. The number of anilines is 2. The molecule has 1 aromatic heterocycles. The van der Waals surface area contributed by atoms with Crippen LogP contribution in [0, 0.1) is 12.0 Å². The van der Waals surface area contributed by atoms with Gasteiger partial charge >= 0.3 is 136 Å². The van der Waals surface area contributed by atoms with Crippen LogP contribution in [-0.2, 0) is 42.9 Å². The van der Waals surface area contributed by atoms with Crippen LogP contribution in [0.15, 0.2) is 79.5 Å². The first-order valence-corrected chi connectivity index (χ1v) is 26.0. The van der Waals surface area contributed by atoms with E-state index in [4.69, 9.17) is 22.1 Å². The van der Waals surface area contributed by atoms with Crippen molar-refractivity contribution in [3.8, 4) is 5.75 Å². The van der Waals surface area contributed by atoms with Gasteiger partial charge < -0.3 is 25.5 Å². The third-order valence-electron chi connectivity index (χ3n) is 6.58. The van der Waals surface area contributed by atoms with Crippen molar-refractivity contribution in [3.05, 3.63) is 71.6 Å². The number of aromatic hydroxyl groups is 1. The smallest absolute Gasteiger partial charge is 1.00 e. The molecule has 0 atom stereocenters. The quantitative estimate of drug-likeness (QED) is 0.00981. The summed E-state index contributed by atoms with van der Waals surface area (Å²) >= 11 is 6.60. The van der Waals surface area contributed by atoms with Gasteiger partial charge in [0.05, 0.1) is 39.1 Å². The van der Waals surface area contributed by atoms with Crippen molar-refractivity contribution in [2.24, 2.45) is 10.2 Å². The molecule has 288 valence electrons. The molecule has 0 fully saturated rings. The van der Waals surface area contributed by atoms with Crippen molar-refractivity contribution < 1.29 is 157 Å². The number of nitrogens with one attached hydrogen (secondary N) is 1. The average molecular weight is 1140 g/mol. The summed E-state index contributed by atoms with van der Waals surface area (Å²) in [6.07, 6.45) is -1.39. The molecule has 0 amide bonds. The molecule has 1 heterocycles. The molecule has 0 aliphatic rings. The molecule has 0 aliphatic carbocycles. The molecule has 4 aromatic carbocycles. The predicted molar refractivity (Wildman–Crippen MR) is 203 cm³/mol. The first-order valence-electron chi connectivity index (χ1n) is 14.0. The van der Waals surface area contributed by atoms with Crippen molar-refractivity contribution in [1.29, 1.82) is 0.594 Å². The van der Waals surface area contributed by atoms with E-state index in [-0.39, 0.29) is 156 Å². The molecule has 0 bridgehead atoms. The van der Waals surface area contributed by atoms with E-state index in [0.29, 0.717) is 0 Å². The first-order chi connectivity index (χ1) is 26.0. The topological polar surface area (TPSA) is 266 Å². The van der Waals surface area contributed by atoms with E-state index in [1.807, 2.05) is 18.6 Å². The minimum Gasteiger partial charge on any atom is 1.00 e. The van der Waals surface area contributed by atoms with Gasteiger partial charge in [0, 0.05) is 16.5 Å². The Morgan fingerprint density at radius 3 is 2.30 bits per heavy atom. The van der Waals surface area contributed by atoms with Gasteiger partial charge in [0.2, 0.25) is 5.95 Å². The van der Waals surface area contributed by atoms with Crippen molar-refractivity contribution >= 4 is 141 Å². The Hall–Kier alpha value is 0.635. The van der Waals surface area contributed by atoms with Gasteiger partial charge in [0.25, 0.3) is 0 Å². The molecule has 0 spiro atoms. The van der Waals surface area contributed by atoms with Crippen LogP contribution < -0.4 is 105 Å². The van der Waals surface area contributed by atoms with Crippen molar-refractivity contribution in [2.45, 2.75) is 14.7 Å². The van der Waals surface area contributed by atoms with Crippen LogP contribution in [0.5, 0.6) is 5.75 Å². The van der Waals surface area contributed by atoms with Crippen LogP contribution in [0.1, 0.15) is 0 Å². The summed E-state index contributed by atoms with van der Waals surface area (Å²) in [6.45, 7) is -0.416. The number of benzene rings is 4. The van der Waals surface area contributed by atoms with Crippen LogP contribution in [-0.4, -0.2) is 55.1 Å². The number of fused-ring (bicyclic) bond motifs is 2. The number of hydrogen-bond acceptors (Lipinski definition) is 20. The fraction of sp³-hybridized carbons (Fsp3) is 0.0769. The molecule has 5 rings (SSSR count).